The number of alkyl halides is 1. The summed E-state index contributed by atoms with van der Waals surface area (Å²) in [6.07, 6.45) is 2.42. The number of carbonyl (C=O) groups is 3. The van der Waals surface area contributed by atoms with Gasteiger partial charge in [0.15, 0.2) is 0 Å². The molecule has 6 atom stereocenters. The van der Waals surface area contributed by atoms with Crippen LogP contribution < -0.4 is 0 Å². The van der Waals surface area contributed by atoms with Gasteiger partial charge in [-0.1, -0.05) is 22.0 Å². The molecule has 0 aromatic carbocycles. The molecule has 34 heavy (non-hydrogen) atoms. The molecular weight excluding hydrogens is 510 g/mol. The van der Waals surface area contributed by atoms with Gasteiger partial charge in [-0.25, -0.2) is 0 Å². The second kappa shape index (κ2) is 10.6. The average Bonchev–Trinajstić information content (AvgIpc) is 3.41. The first-order chi connectivity index (χ1) is 16.4. The minimum absolute atomic E-state index is 0.0167. The molecule has 0 aliphatic carbocycles. The van der Waals surface area contributed by atoms with Crippen LogP contribution in [0.3, 0.4) is 0 Å². The molecule has 3 unspecified atom stereocenters. The van der Waals surface area contributed by atoms with Gasteiger partial charge in [0, 0.05) is 50.7 Å². The molecule has 4 heterocycles. The van der Waals surface area contributed by atoms with E-state index in [4.69, 9.17) is 9.47 Å². The van der Waals surface area contributed by atoms with E-state index in [0.29, 0.717) is 52.1 Å². The van der Waals surface area contributed by atoms with Crippen LogP contribution in [-0.2, 0) is 23.9 Å². The van der Waals surface area contributed by atoms with Gasteiger partial charge in [-0.2, -0.15) is 0 Å². The van der Waals surface area contributed by atoms with Gasteiger partial charge < -0.3 is 29.5 Å². The number of aliphatic hydroxyl groups is 1. The number of likely N-dealkylation sites (tertiary alicyclic amines) is 1. The predicted octanol–water partition coefficient (Wildman–Crippen LogP) is -0.0617. The second-order valence-electron chi connectivity index (χ2n) is 9.49. The summed E-state index contributed by atoms with van der Waals surface area (Å²) in [5.41, 5.74) is -1.17. The van der Waals surface area contributed by atoms with Gasteiger partial charge in [-0.3, -0.25) is 19.3 Å². The number of aliphatic hydroxyl groups excluding tert-OH is 1. The van der Waals surface area contributed by atoms with Crippen molar-refractivity contribution < 1.29 is 34.1 Å². The van der Waals surface area contributed by atoms with E-state index in [9.17, 15) is 24.6 Å². The summed E-state index contributed by atoms with van der Waals surface area (Å²) in [5.74, 6) is -3.54. The van der Waals surface area contributed by atoms with Crippen LogP contribution in [0, 0.1) is 11.8 Å². The van der Waals surface area contributed by atoms with Crippen molar-refractivity contribution in [3.05, 3.63) is 12.7 Å². The lowest BCUT2D eigenvalue weighted by Crippen LogP contribution is -2.57. The molecule has 11 heteroatoms. The molecule has 4 fully saturated rings. The average molecular weight is 544 g/mol. The molecule has 4 aliphatic rings. The highest BCUT2D eigenvalue weighted by Gasteiger charge is 2.76. The monoisotopic (exact) mass is 543 g/mol. The molecule has 0 aromatic heterocycles. The van der Waals surface area contributed by atoms with Crippen LogP contribution in [0.1, 0.15) is 19.3 Å². The number of carboxylic acids is 1. The summed E-state index contributed by atoms with van der Waals surface area (Å²) in [7, 11) is 0. The number of hydrogen-bond acceptors (Lipinski definition) is 7. The van der Waals surface area contributed by atoms with Crippen molar-refractivity contribution >= 4 is 33.7 Å². The molecule has 4 saturated heterocycles. The maximum absolute atomic E-state index is 14.1. The fourth-order valence-corrected chi connectivity index (χ4v) is 6.98. The Morgan fingerprint density at radius 1 is 1.26 bits per heavy atom. The number of ether oxygens (including phenoxy) is 2. The third-order valence-electron chi connectivity index (χ3n) is 7.57. The zero-order valence-electron chi connectivity index (χ0n) is 19.3. The number of aliphatic carboxylic acids is 1. The van der Waals surface area contributed by atoms with Crippen molar-refractivity contribution in [3.63, 3.8) is 0 Å². The Morgan fingerprint density at radius 2 is 2.00 bits per heavy atom. The van der Waals surface area contributed by atoms with Crippen molar-refractivity contribution in [1.29, 1.82) is 0 Å². The Hall–Kier alpha value is -1.53. The Morgan fingerprint density at radius 3 is 2.65 bits per heavy atom. The maximum atomic E-state index is 14.1. The van der Waals surface area contributed by atoms with Crippen LogP contribution >= 0.6 is 15.9 Å². The Labute approximate surface area is 208 Å². The third kappa shape index (κ3) is 4.41. The SMILES string of the molecule is C=CCN(CCN1CCOCC1)C(=O)C1N(CCCCO)C(=O)[C@@H]2[C@@H](C(=O)O)[C@@H]3OC12CC3Br. The van der Waals surface area contributed by atoms with Gasteiger partial charge in [0.2, 0.25) is 11.8 Å². The number of nitrogens with zero attached hydrogens (tertiary/aromatic N) is 3. The van der Waals surface area contributed by atoms with Gasteiger partial charge >= 0.3 is 5.97 Å². The molecule has 10 nitrogen and oxygen atoms in total. The zero-order chi connectivity index (χ0) is 24.5. The first kappa shape index (κ1) is 25.6. The normalized spacial score (nSPS) is 34.9. The van der Waals surface area contributed by atoms with Gasteiger partial charge in [-0.05, 0) is 19.3 Å². The third-order valence-corrected chi connectivity index (χ3v) is 8.41. The maximum Gasteiger partial charge on any atom is 0.310 e. The van der Waals surface area contributed by atoms with Crippen molar-refractivity contribution in [2.45, 2.75) is 41.8 Å². The molecule has 0 radical (unpaired) electrons. The highest BCUT2D eigenvalue weighted by molar-refractivity contribution is 9.09. The van der Waals surface area contributed by atoms with E-state index in [1.54, 1.807) is 11.0 Å². The quantitative estimate of drug-likeness (QED) is 0.211. The highest BCUT2D eigenvalue weighted by Crippen LogP contribution is 2.60. The van der Waals surface area contributed by atoms with Crippen LogP contribution in [0.4, 0.5) is 0 Å². The first-order valence-corrected chi connectivity index (χ1v) is 12.9. The van der Waals surface area contributed by atoms with Crippen molar-refractivity contribution in [2.75, 3.05) is 59.1 Å². The van der Waals surface area contributed by atoms with E-state index in [1.165, 1.54) is 4.90 Å². The van der Waals surface area contributed by atoms with Crippen molar-refractivity contribution in [2.24, 2.45) is 11.8 Å². The smallest absolute Gasteiger partial charge is 0.310 e. The molecule has 2 N–H and O–H groups in total. The summed E-state index contributed by atoms with van der Waals surface area (Å²) < 4.78 is 11.7. The number of hydrogen-bond donors (Lipinski definition) is 2. The summed E-state index contributed by atoms with van der Waals surface area (Å²) in [6, 6.07) is -0.900. The molecule has 2 bridgehead atoms. The van der Waals surface area contributed by atoms with Gasteiger partial charge in [-0.15, -0.1) is 6.58 Å². The molecule has 4 aliphatic heterocycles. The lowest BCUT2D eigenvalue weighted by molar-refractivity contribution is -0.150. The summed E-state index contributed by atoms with van der Waals surface area (Å²) in [4.78, 5) is 45.0. The van der Waals surface area contributed by atoms with Crippen LogP contribution in [0.15, 0.2) is 12.7 Å². The molecule has 2 amide bonds. The number of halogens is 1. The fraction of sp³-hybridized carbons (Fsp3) is 0.783. The summed E-state index contributed by atoms with van der Waals surface area (Å²) in [6.45, 7) is 8.44. The molecule has 0 aromatic rings. The van der Waals surface area contributed by atoms with Crippen LogP contribution in [0.25, 0.3) is 0 Å². The lowest BCUT2D eigenvalue weighted by Gasteiger charge is -2.37. The number of carbonyl (C=O) groups excluding carboxylic acids is 2. The van der Waals surface area contributed by atoms with E-state index in [1.807, 2.05) is 0 Å². The van der Waals surface area contributed by atoms with E-state index in [2.05, 4.69) is 27.4 Å². The van der Waals surface area contributed by atoms with Crippen LogP contribution in [0.5, 0.6) is 0 Å². The van der Waals surface area contributed by atoms with Crippen molar-refractivity contribution in [1.82, 2.24) is 14.7 Å². The van der Waals surface area contributed by atoms with Crippen LogP contribution in [-0.4, -0.2) is 124 Å². The van der Waals surface area contributed by atoms with Crippen molar-refractivity contribution in [3.8, 4) is 0 Å². The van der Waals surface area contributed by atoms with Crippen LogP contribution in [0.2, 0.25) is 0 Å². The number of amides is 2. The number of unbranched alkanes of at least 4 members (excludes halogenated alkanes) is 1. The fourth-order valence-electron chi connectivity index (χ4n) is 6.03. The first-order valence-electron chi connectivity index (χ1n) is 12.0. The topological polar surface area (TPSA) is 120 Å². The second-order valence-corrected chi connectivity index (χ2v) is 10.7. The number of morpholine rings is 1. The Bertz CT molecular complexity index is 807. The summed E-state index contributed by atoms with van der Waals surface area (Å²) in [5, 5.41) is 19.2. The molecule has 190 valence electrons. The molecule has 1 spiro atoms. The van der Waals surface area contributed by atoms with E-state index in [0.717, 1.165) is 13.1 Å². The Balaban J connectivity index is 1.62. The summed E-state index contributed by atoms with van der Waals surface area (Å²) >= 11 is 3.56. The lowest BCUT2D eigenvalue weighted by atomic mass is 9.70. The van der Waals surface area contributed by atoms with E-state index >= 15 is 0 Å². The Kier molecular flexibility index (Phi) is 7.98. The number of fused-ring (bicyclic) bond motifs is 1. The zero-order valence-corrected chi connectivity index (χ0v) is 20.9. The van der Waals surface area contributed by atoms with Gasteiger partial charge in [0.05, 0.1) is 31.2 Å². The van der Waals surface area contributed by atoms with Gasteiger partial charge in [0.1, 0.15) is 11.6 Å². The molecular formula is C23H34BrN3O7. The molecule has 0 saturated carbocycles. The van der Waals surface area contributed by atoms with E-state index in [-0.39, 0.29) is 29.8 Å². The number of rotatable bonds is 11. The van der Waals surface area contributed by atoms with Gasteiger partial charge in [0.25, 0.3) is 0 Å². The minimum atomic E-state index is -1.17. The van der Waals surface area contributed by atoms with E-state index < -0.39 is 35.6 Å². The highest BCUT2D eigenvalue weighted by atomic mass is 79.9. The minimum Gasteiger partial charge on any atom is -0.481 e. The predicted molar refractivity (Wildman–Crippen MR) is 125 cm³/mol. The molecule has 4 rings (SSSR count). The largest absolute Gasteiger partial charge is 0.481 e. The standard InChI is InChI=1S/C23H34BrN3O7/c1-2-5-26(8-7-25-9-12-33-13-10-25)21(30)19-23-14-15(24)18(34-23)16(22(31)32)17(23)20(29)27(19)6-3-4-11-28/h2,15-19,28H,1,3-14H2,(H,31,32)/t15?,16-,17+,18-,19?,23?/m1/s1. The number of carboxylic acid groups (broad SMARTS) is 1.